The van der Waals surface area contributed by atoms with Crippen molar-refractivity contribution < 1.29 is 5.11 Å². The summed E-state index contributed by atoms with van der Waals surface area (Å²) in [7, 11) is 0. The number of aliphatic hydroxyl groups excluding tert-OH is 1. The molecule has 1 heterocycles. The summed E-state index contributed by atoms with van der Waals surface area (Å²) in [5, 5.41) is 9.40. The van der Waals surface area contributed by atoms with Crippen molar-refractivity contribution >= 4 is 5.69 Å². The van der Waals surface area contributed by atoms with E-state index in [1.165, 1.54) is 31.4 Å². The third-order valence-electron chi connectivity index (χ3n) is 3.74. The summed E-state index contributed by atoms with van der Waals surface area (Å²) >= 11 is 0. The minimum atomic E-state index is 0.0923. The maximum atomic E-state index is 9.40. The van der Waals surface area contributed by atoms with E-state index in [1.807, 2.05) is 6.20 Å². The normalized spacial score (nSPS) is 19.4. The fourth-order valence-corrected chi connectivity index (χ4v) is 2.35. The average molecular weight is 232 g/mol. The molecule has 17 heavy (non-hydrogen) atoms. The predicted molar refractivity (Wildman–Crippen MR) is 67.8 cm³/mol. The van der Waals surface area contributed by atoms with Crippen LogP contribution in [0.5, 0.6) is 0 Å². The van der Waals surface area contributed by atoms with Crippen LogP contribution in [0.1, 0.15) is 31.2 Å². The molecule has 1 N–H and O–H groups in total. The van der Waals surface area contributed by atoms with Gasteiger partial charge in [0, 0.05) is 36.7 Å². The van der Waals surface area contributed by atoms with E-state index in [2.05, 4.69) is 16.0 Å². The van der Waals surface area contributed by atoms with Crippen LogP contribution < -0.4 is 4.90 Å². The van der Waals surface area contributed by atoms with Gasteiger partial charge in [-0.2, -0.15) is 0 Å². The lowest BCUT2D eigenvalue weighted by Crippen LogP contribution is -2.29. The highest BCUT2D eigenvalue weighted by Crippen LogP contribution is 2.36. The summed E-state index contributed by atoms with van der Waals surface area (Å²) in [5.74, 6) is 1.77. The van der Waals surface area contributed by atoms with Crippen LogP contribution in [0.2, 0.25) is 0 Å². The molecule has 0 saturated heterocycles. The summed E-state index contributed by atoms with van der Waals surface area (Å²) in [4.78, 5) is 6.58. The zero-order valence-electron chi connectivity index (χ0n) is 10.2. The Morgan fingerprint density at radius 3 is 2.35 bits per heavy atom. The SMILES string of the molecule is OCc1cnccc1N(CC1CC1)CC1CC1. The Balaban J connectivity index is 1.78. The van der Waals surface area contributed by atoms with Crippen molar-refractivity contribution in [3.8, 4) is 0 Å². The zero-order valence-corrected chi connectivity index (χ0v) is 10.2. The largest absolute Gasteiger partial charge is 0.392 e. The first-order chi connectivity index (χ1) is 8.36. The van der Waals surface area contributed by atoms with Crippen molar-refractivity contribution in [1.82, 2.24) is 4.98 Å². The first kappa shape index (κ1) is 11.0. The van der Waals surface area contributed by atoms with Crippen LogP contribution in [-0.4, -0.2) is 23.2 Å². The van der Waals surface area contributed by atoms with E-state index in [9.17, 15) is 5.11 Å². The Morgan fingerprint density at radius 2 is 1.82 bits per heavy atom. The lowest BCUT2D eigenvalue weighted by atomic mass is 10.2. The van der Waals surface area contributed by atoms with Crippen LogP contribution in [0.3, 0.4) is 0 Å². The number of nitrogens with zero attached hydrogens (tertiary/aromatic N) is 2. The van der Waals surface area contributed by atoms with Crippen LogP contribution in [0.4, 0.5) is 5.69 Å². The minimum absolute atomic E-state index is 0.0923. The molecule has 1 aromatic rings. The lowest BCUT2D eigenvalue weighted by Gasteiger charge is -2.26. The van der Waals surface area contributed by atoms with Crippen LogP contribution >= 0.6 is 0 Å². The van der Waals surface area contributed by atoms with E-state index < -0.39 is 0 Å². The Morgan fingerprint density at radius 1 is 1.18 bits per heavy atom. The molecule has 0 unspecified atom stereocenters. The minimum Gasteiger partial charge on any atom is -0.392 e. The highest BCUT2D eigenvalue weighted by Gasteiger charge is 2.29. The number of hydrogen-bond donors (Lipinski definition) is 1. The topological polar surface area (TPSA) is 36.4 Å². The number of aromatic nitrogens is 1. The molecular weight excluding hydrogens is 212 g/mol. The third kappa shape index (κ3) is 2.78. The number of pyridine rings is 1. The lowest BCUT2D eigenvalue weighted by molar-refractivity contribution is 0.281. The van der Waals surface area contributed by atoms with E-state index in [0.717, 1.165) is 30.5 Å². The summed E-state index contributed by atoms with van der Waals surface area (Å²) in [6.07, 6.45) is 9.13. The first-order valence-corrected chi connectivity index (χ1v) is 6.65. The molecule has 1 aromatic heterocycles. The highest BCUT2D eigenvalue weighted by atomic mass is 16.3. The first-order valence-electron chi connectivity index (χ1n) is 6.65. The monoisotopic (exact) mass is 232 g/mol. The summed E-state index contributed by atoms with van der Waals surface area (Å²) < 4.78 is 0. The van der Waals surface area contributed by atoms with E-state index in [-0.39, 0.29) is 6.61 Å². The van der Waals surface area contributed by atoms with Gasteiger partial charge in [-0.3, -0.25) is 4.98 Å². The Kier molecular flexibility index (Phi) is 3.02. The van der Waals surface area contributed by atoms with Crippen LogP contribution in [0, 0.1) is 11.8 Å². The van der Waals surface area contributed by atoms with Crippen molar-refractivity contribution in [3.05, 3.63) is 24.0 Å². The molecule has 2 fully saturated rings. The second kappa shape index (κ2) is 4.65. The van der Waals surface area contributed by atoms with Gasteiger partial charge in [0.2, 0.25) is 0 Å². The fraction of sp³-hybridized carbons (Fsp3) is 0.643. The molecule has 2 aliphatic rings. The standard InChI is InChI=1S/C14H20N2O/c17-10-13-7-15-6-5-14(13)16(8-11-1-2-11)9-12-3-4-12/h5-7,11-12,17H,1-4,8-10H2. The van der Waals surface area contributed by atoms with Crippen LogP contribution in [-0.2, 0) is 6.61 Å². The molecule has 2 aliphatic carbocycles. The number of rotatable bonds is 6. The average Bonchev–Trinajstić information content (AvgIpc) is 3.23. The van der Waals surface area contributed by atoms with E-state index in [4.69, 9.17) is 0 Å². The van der Waals surface area contributed by atoms with Gasteiger partial charge in [0.05, 0.1) is 6.61 Å². The van der Waals surface area contributed by atoms with Gasteiger partial charge in [0.1, 0.15) is 0 Å². The molecule has 3 rings (SSSR count). The third-order valence-corrected chi connectivity index (χ3v) is 3.74. The van der Waals surface area contributed by atoms with E-state index >= 15 is 0 Å². The zero-order chi connectivity index (χ0) is 11.7. The molecule has 2 saturated carbocycles. The molecule has 92 valence electrons. The van der Waals surface area contributed by atoms with Gasteiger partial charge >= 0.3 is 0 Å². The number of aliphatic hydroxyl groups is 1. The summed E-state index contributed by atoms with van der Waals surface area (Å²) in [6.45, 7) is 2.41. The molecule has 0 radical (unpaired) electrons. The van der Waals surface area contributed by atoms with E-state index in [1.54, 1.807) is 6.20 Å². The predicted octanol–water partition coefficient (Wildman–Crippen LogP) is 2.20. The van der Waals surface area contributed by atoms with Crippen molar-refractivity contribution in [2.45, 2.75) is 32.3 Å². The van der Waals surface area contributed by atoms with Crippen LogP contribution in [0.25, 0.3) is 0 Å². The molecular formula is C14H20N2O. The van der Waals surface area contributed by atoms with Gasteiger partial charge in [0.25, 0.3) is 0 Å². The molecule has 0 spiro atoms. The van der Waals surface area contributed by atoms with E-state index in [0.29, 0.717) is 0 Å². The maximum Gasteiger partial charge on any atom is 0.0717 e. The quantitative estimate of drug-likeness (QED) is 0.817. The molecule has 0 atom stereocenters. The number of hydrogen-bond acceptors (Lipinski definition) is 3. The molecule has 3 nitrogen and oxygen atoms in total. The maximum absolute atomic E-state index is 9.40. The smallest absolute Gasteiger partial charge is 0.0717 e. The molecule has 0 amide bonds. The van der Waals surface area contributed by atoms with Crippen molar-refractivity contribution in [2.75, 3.05) is 18.0 Å². The van der Waals surface area contributed by atoms with Gasteiger partial charge in [-0.15, -0.1) is 0 Å². The van der Waals surface area contributed by atoms with Crippen molar-refractivity contribution in [2.24, 2.45) is 11.8 Å². The van der Waals surface area contributed by atoms with Gasteiger partial charge in [-0.25, -0.2) is 0 Å². The Bertz CT molecular complexity index is 372. The summed E-state index contributed by atoms with van der Waals surface area (Å²) in [6, 6.07) is 2.05. The molecule has 0 aromatic carbocycles. The van der Waals surface area contributed by atoms with Gasteiger partial charge in [-0.1, -0.05) is 0 Å². The highest BCUT2D eigenvalue weighted by molar-refractivity contribution is 5.52. The molecule has 3 heteroatoms. The second-order valence-electron chi connectivity index (χ2n) is 5.45. The Hall–Kier alpha value is -1.09. The van der Waals surface area contributed by atoms with Crippen molar-refractivity contribution in [1.29, 1.82) is 0 Å². The Labute approximate surface area is 102 Å². The van der Waals surface area contributed by atoms with Gasteiger partial charge < -0.3 is 10.0 Å². The molecule has 0 bridgehead atoms. The summed E-state index contributed by atoms with van der Waals surface area (Å²) in [5.41, 5.74) is 2.16. The second-order valence-corrected chi connectivity index (χ2v) is 5.45. The van der Waals surface area contributed by atoms with Crippen LogP contribution in [0.15, 0.2) is 18.5 Å². The van der Waals surface area contributed by atoms with Gasteiger partial charge in [0.15, 0.2) is 0 Å². The van der Waals surface area contributed by atoms with Gasteiger partial charge in [-0.05, 0) is 43.6 Å². The molecule has 0 aliphatic heterocycles. The number of anilines is 1. The fourth-order valence-electron chi connectivity index (χ4n) is 2.35. The van der Waals surface area contributed by atoms with Crippen molar-refractivity contribution in [3.63, 3.8) is 0 Å².